The zero-order valence-electron chi connectivity index (χ0n) is 12.5. The number of fused-ring (bicyclic) bond motifs is 1. The van der Waals surface area contributed by atoms with E-state index in [2.05, 4.69) is 37.4 Å². The van der Waals surface area contributed by atoms with Crippen LogP contribution in [0.3, 0.4) is 0 Å². The normalized spacial score (nSPS) is 12.5. The van der Waals surface area contributed by atoms with E-state index in [0.717, 1.165) is 36.4 Å². The number of rotatable bonds is 7. The highest BCUT2D eigenvalue weighted by Crippen LogP contribution is 2.22. The van der Waals surface area contributed by atoms with Crippen molar-refractivity contribution in [3.05, 3.63) is 41.7 Å². The lowest BCUT2D eigenvalue weighted by Gasteiger charge is -2.12. The zero-order valence-corrected chi connectivity index (χ0v) is 12.5. The van der Waals surface area contributed by atoms with Crippen LogP contribution in [0.1, 0.15) is 19.6 Å². The Morgan fingerprint density at radius 1 is 1.35 bits per heavy atom. The molecule has 0 saturated carbocycles. The van der Waals surface area contributed by atoms with Gasteiger partial charge in [0.25, 0.3) is 0 Å². The predicted molar refractivity (Wildman–Crippen MR) is 83.8 cm³/mol. The van der Waals surface area contributed by atoms with Crippen LogP contribution in [0, 0.1) is 5.92 Å². The zero-order chi connectivity index (χ0) is 14.4. The first-order valence-electron chi connectivity index (χ1n) is 7.09. The third kappa shape index (κ3) is 3.95. The summed E-state index contributed by atoms with van der Waals surface area (Å²) in [5, 5.41) is 4.53. The van der Waals surface area contributed by atoms with Crippen LogP contribution in [0.15, 0.2) is 40.3 Å². The number of ether oxygens (including phenoxy) is 1. The molecule has 0 saturated heterocycles. The summed E-state index contributed by atoms with van der Waals surface area (Å²) < 4.78 is 10.9. The molecule has 3 nitrogen and oxygen atoms in total. The highest BCUT2D eigenvalue weighted by molar-refractivity contribution is 5.79. The van der Waals surface area contributed by atoms with Gasteiger partial charge in [0.1, 0.15) is 11.3 Å². The molecule has 3 heteroatoms. The maximum absolute atomic E-state index is 5.85. The average molecular weight is 273 g/mol. The summed E-state index contributed by atoms with van der Waals surface area (Å²) in [6.07, 6.45) is 2.14. The summed E-state index contributed by atoms with van der Waals surface area (Å²) in [4.78, 5) is 0. The van der Waals surface area contributed by atoms with Crippen LogP contribution in [-0.2, 0) is 4.74 Å². The van der Waals surface area contributed by atoms with Crippen molar-refractivity contribution in [1.29, 1.82) is 0 Å². The van der Waals surface area contributed by atoms with E-state index in [1.165, 1.54) is 5.57 Å². The van der Waals surface area contributed by atoms with Crippen molar-refractivity contribution in [3.8, 4) is 0 Å². The summed E-state index contributed by atoms with van der Waals surface area (Å²) in [6.45, 7) is 6.85. The SMILES string of the molecule is COCCNCC(=Cc1cc2ccccc2o1)C(C)C. The number of hydrogen-bond donors (Lipinski definition) is 1. The molecule has 0 amide bonds. The van der Waals surface area contributed by atoms with Gasteiger partial charge in [-0.1, -0.05) is 37.6 Å². The molecule has 0 bridgehead atoms. The summed E-state index contributed by atoms with van der Waals surface area (Å²) in [6, 6.07) is 10.2. The second-order valence-corrected chi connectivity index (χ2v) is 5.23. The van der Waals surface area contributed by atoms with Crippen molar-refractivity contribution >= 4 is 17.0 Å². The second-order valence-electron chi connectivity index (χ2n) is 5.23. The molecule has 2 aromatic rings. The van der Waals surface area contributed by atoms with Gasteiger partial charge in [0.15, 0.2) is 0 Å². The number of para-hydroxylation sites is 1. The first-order valence-corrected chi connectivity index (χ1v) is 7.09. The van der Waals surface area contributed by atoms with Gasteiger partial charge in [0.05, 0.1) is 6.61 Å². The van der Waals surface area contributed by atoms with E-state index in [1.807, 2.05) is 18.2 Å². The maximum Gasteiger partial charge on any atom is 0.134 e. The third-order valence-corrected chi connectivity index (χ3v) is 3.33. The van der Waals surface area contributed by atoms with Crippen LogP contribution in [0.2, 0.25) is 0 Å². The van der Waals surface area contributed by atoms with Crippen molar-refractivity contribution in [2.75, 3.05) is 26.8 Å². The van der Waals surface area contributed by atoms with E-state index in [4.69, 9.17) is 9.15 Å². The molecular formula is C17H23NO2. The summed E-state index contributed by atoms with van der Waals surface area (Å²) in [7, 11) is 1.72. The minimum atomic E-state index is 0.484. The van der Waals surface area contributed by atoms with Crippen molar-refractivity contribution in [3.63, 3.8) is 0 Å². The van der Waals surface area contributed by atoms with Crippen LogP contribution in [-0.4, -0.2) is 26.8 Å². The lowest BCUT2D eigenvalue weighted by Crippen LogP contribution is -2.23. The fraction of sp³-hybridized carbons (Fsp3) is 0.412. The van der Waals surface area contributed by atoms with E-state index in [9.17, 15) is 0 Å². The first-order chi connectivity index (χ1) is 9.70. The number of methoxy groups -OCH3 is 1. The van der Waals surface area contributed by atoms with E-state index in [1.54, 1.807) is 7.11 Å². The summed E-state index contributed by atoms with van der Waals surface area (Å²) >= 11 is 0. The molecule has 1 aromatic heterocycles. The summed E-state index contributed by atoms with van der Waals surface area (Å²) in [5.74, 6) is 1.40. The van der Waals surface area contributed by atoms with Gasteiger partial charge in [-0.25, -0.2) is 0 Å². The Morgan fingerprint density at radius 2 is 2.15 bits per heavy atom. The molecular weight excluding hydrogens is 250 g/mol. The Labute approximate surface area is 120 Å². The fourth-order valence-electron chi connectivity index (χ4n) is 2.09. The molecule has 0 spiro atoms. The Hall–Kier alpha value is -1.58. The number of hydrogen-bond acceptors (Lipinski definition) is 3. The topological polar surface area (TPSA) is 34.4 Å². The molecule has 1 N–H and O–H groups in total. The number of furan rings is 1. The highest BCUT2D eigenvalue weighted by Gasteiger charge is 2.06. The molecule has 20 heavy (non-hydrogen) atoms. The molecule has 0 radical (unpaired) electrons. The lowest BCUT2D eigenvalue weighted by atomic mass is 10.0. The van der Waals surface area contributed by atoms with Gasteiger partial charge in [-0.15, -0.1) is 0 Å². The molecule has 0 aliphatic heterocycles. The van der Waals surface area contributed by atoms with Crippen LogP contribution < -0.4 is 5.32 Å². The largest absolute Gasteiger partial charge is 0.457 e. The Kier molecular flexibility index (Phi) is 5.39. The van der Waals surface area contributed by atoms with E-state index in [0.29, 0.717) is 5.92 Å². The van der Waals surface area contributed by atoms with Gasteiger partial charge in [-0.3, -0.25) is 0 Å². The van der Waals surface area contributed by atoms with Crippen LogP contribution in [0.4, 0.5) is 0 Å². The Balaban J connectivity index is 2.11. The van der Waals surface area contributed by atoms with Gasteiger partial charge in [-0.2, -0.15) is 0 Å². The quantitative estimate of drug-likeness (QED) is 0.781. The molecule has 1 heterocycles. The van der Waals surface area contributed by atoms with E-state index < -0.39 is 0 Å². The van der Waals surface area contributed by atoms with E-state index in [-0.39, 0.29) is 0 Å². The van der Waals surface area contributed by atoms with Crippen molar-refractivity contribution in [2.24, 2.45) is 5.92 Å². The monoisotopic (exact) mass is 273 g/mol. The van der Waals surface area contributed by atoms with Crippen molar-refractivity contribution in [2.45, 2.75) is 13.8 Å². The second kappa shape index (κ2) is 7.27. The van der Waals surface area contributed by atoms with Crippen molar-refractivity contribution < 1.29 is 9.15 Å². The first kappa shape index (κ1) is 14.8. The van der Waals surface area contributed by atoms with Crippen molar-refractivity contribution in [1.82, 2.24) is 5.32 Å². The molecule has 0 atom stereocenters. The van der Waals surface area contributed by atoms with Gasteiger partial charge < -0.3 is 14.5 Å². The fourth-order valence-corrected chi connectivity index (χ4v) is 2.09. The van der Waals surface area contributed by atoms with E-state index >= 15 is 0 Å². The minimum Gasteiger partial charge on any atom is -0.457 e. The van der Waals surface area contributed by atoms with Crippen LogP contribution >= 0.6 is 0 Å². The molecule has 108 valence electrons. The number of nitrogens with one attached hydrogen (secondary N) is 1. The molecule has 0 fully saturated rings. The molecule has 1 aromatic carbocycles. The standard InChI is InChI=1S/C17H23NO2/c1-13(2)15(12-18-8-9-19-3)11-16-10-14-6-4-5-7-17(14)20-16/h4-7,10-11,13,18H,8-9,12H2,1-3H3. The summed E-state index contributed by atoms with van der Waals surface area (Å²) in [5.41, 5.74) is 2.27. The molecule has 0 unspecified atom stereocenters. The lowest BCUT2D eigenvalue weighted by molar-refractivity contribution is 0.200. The highest BCUT2D eigenvalue weighted by atomic mass is 16.5. The van der Waals surface area contributed by atoms with Gasteiger partial charge >= 0.3 is 0 Å². The smallest absolute Gasteiger partial charge is 0.134 e. The average Bonchev–Trinajstić information content (AvgIpc) is 2.84. The van der Waals surface area contributed by atoms with Crippen LogP contribution in [0.25, 0.3) is 17.0 Å². The third-order valence-electron chi connectivity index (χ3n) is 3.33. The molecule has 0 aliphatic rings. The van der Waals surface area contributed by atoms with Gasteiger partial charge in [-0.05, 0) is 24.1 Å². The molecule has 2 rings (SSSR count). The van der Waals surface area contributed by atoms with Gasteiger partial charge in [0, 0.05) is 25.6 Å². The predicted octanol–water partition coefficient (Wildman–Crippen LogP) is 3.71. The molecule has 0 aliphatic carbocycles. The minimum absolute atomic E-state index is 0.484. The Bertz CT molecular complexity index is 536. The Morgan fingerprint density at radius 3 is 2.85 bits per heavy atom. The van der Waals surface area contributed by atoms with Crippen LogP contribution in [0.5, 0.6) is 0 Å². The maximum atomic E-state index is 5.85. The van der Waals surface area contributed by atoms with Gasteiger partial charge in [0.2, 0.25) is 0 Å². The number of benzene rings is 1.